The molecule has 2 aromatic rings. The molecule has 0 bridgehead atoms. The molecule has 1 aromatic heterocycles. The summed E-state index contributed by atoms with van der Waals surface area (Å²) in [6.45, 7) is 4.56. The molecule has 1 aromatic carbocycles. The molecule has 0 aliphatic carbocycles. The molecule has 2 amide bonds. The number of amides is 2. The van der Waals surface area contributed by atoms with E-state index in [0.29, 0.717) is 29.8 Å². The Bertz CT molecular complexity index is 790. The Morgan fingerprint density at radius 3 is 2.81 bits per heavy atom. The van der Waals surface area contributed by atoms with Crippen molar-refractivity contribution in [3.8, 4) is 11.5 Å². The van der Waals surface area contributed by atoms with E-state index in [0.717, 1.165) is 5.75 Å². The second-order valence-corrected chi connectivity index (χ2v) is 6.37. The van der Waals surface area contributed by atoms with Crippen LogP contribution in [-0.4, -0.2) is 36.6 Å². The number of rotatable bonds is 6. The molecular weight excluding hydrogens is 334 g/mol. The Kier molecular flexibility index (Phi) is 5.36. The van der Waals surface area contributed by atoms with Crippen molar-refractivity contribution < 1.29 is 19.1 Å². The van der Waals surface area contributed by atoms with Crippen molar-refractivity contribution >= 4 is 23.3 Å². The summed E-state index contributed by atoms with van der Waals surface area (Å²) < 4.78 is 10.9. The van der Waals surface area contributed by atoms with Gasteiger partial charge in [-0.05, 0) is 42.3 Å². The Morgan fingerprint density at radius 2 is 2.08 bits per heavy atom. The number of pyridine rings is 1. The van der Waals surface area contributed by atoms with Crippen LogP contribution in [0.15, 0.2) is 42.6 Å². The highest BCUT2D eigenvalue weighted by Gasteiger charge is 2.28. The largest absolute Gasteiger partial charge is 0.493 e. The van der Waals surface area contributed by atoms with Crippen molar-refractivity contribution in [2.75, 3.05) is 30.0 Å². The quantitative estimate of drug-likeness (QED) is 0.861. The van der Waals surface area contributed by atoms with Gasteiger partial charge in [0.25, 0.3) is 5.91 Å². The summed E-state index contributed by atoms with van der Waals surface area (Å²) >= 11 is 0. The Balaban J connectivity index is 1.61. The average molecular weight is 355 g/mol. The zero-order valence-electron chi connectivity index (χ0n) is 14.8. The van der Waals surface area contributed by atoms with Crippen LogP contribution >= 0.6 is 0 Å². The van der Waals surface area contributed by atoms with Gasteiger partial charge in [-0.2, -0.15) is 0 Å². The van der Waals surface area contributed by atoms with Crippen LogP contribution in [0.25, 0.3) is 0 Å². The molecule has 0 unspecified atom stereocenters. The number of aromatic nitrogens is 1. The zero-order valence-corrected chi connectivity index (χ0v) is 14.8. The Labute approximate surface area is 151 Å². The third-order valence-electron chi connectivity index (χ3n) is 3.68. The lowest BCUT2D eigenvalue weighted by Gasteiger charge is -2.27. The van der Waals surface area contributed by atoms with Crippen molar-refractivity contribution in [3.63, 3.8) is 0 Å². The summed E-state index contributed by atoms with van der Waals surface area (Å²) in [6, 6.07) is 10.6. The van der Waals surface area contributed by atoms with Gasteiger partial charge < -0.3 is 14.8 Å². The minimum Gasteiger partial charge on any atom is -0.493 e. The van der Waals surface area contributed by atoms with Crippen LogP contribution in [0, 0.1) is 5.92 Å². The average Bonchev–Trinajstić information content (AvgIpc) is 2.63. The van der Waals surface area contributed by atoms with Crippen molar-refractivity contribution in [2.45, 2.75) is 13.8 Å². The van der Waals surface area contributed by atoms with Crippen LogP contribution in [0.5, 0.6) is 11.5 Å². The fourth-order valence-electron chi connectivity index (χ4n) is 2.44. The lowest BCUT2D eigenvalue weighted by atomic mass is 10.2. The second-order valence-electron chi connectivity index (χ2n) is 6.37. The predicted octanol–water partition coefficient (Wildman–Crippen LogP) is 2.48. The molecule has 0 saturated heterocycles. The Morgan fingerprint density at radius 1 is 1.31 bits per heavy atom. The molecule has 0 spiro atoms. The van der Waals surface area contributed by atoms with E-state index < -0.39 is 0 Å². The van der Waals surface area contributed by atoms with Gasteiger partial charge in [-0.3, -0.25) is 14.5 Å². The van der Waals surface area contributed by atoms with E-state index in [9.17, 15) is 9.59 Å². The SMILES string of the molecule is CC(C)COc1ccc(NC(=O)CN2C(=O)COc3cccnc32)cc1. The first-order valence-corrected chi connectivity index (χ1v) is 8.44. The van der Waals surface area contributed by atoms with Gasteiger partial charge in [0.05, 0.1) is 6.61 Å². The predicted molar refractivity (Wildman–Crippen MR) is 97.5 cm³/mol. The molecule has 1 aliphatic heterocycles. The van der Waals surface area contributed by atoms with Crippen LogP contribution < -0.4 is 19.7 Å². The van der Waals surface area contributed by atoms with E-state index >= 15 is 0 Å². The lowest BCUT2D eigenvalue weighted by molar-refractivity contribution is -0.123. The van der Waals surface area contributed by atoms with Crippen LogP contribution in [0.2, 0.25) is 0 Å². The molecular formula is C19H21N3O4. The van der Waals surface area contributed by atoms with E-state index in [4.69, 9.17) is 9.47 Å². The van der Waals surface area contributed by atoms with E-state index in [2.05, 4.69) is 24.1 Å². The molecule has 1 N–H and O–H groups in total. The highest BCUT2D eigenvalue weighted by molar-refractivity contribution is 6.04. The minimum absolute atomic E-state index is 0.103. The van der Waals surface area contributed by atoms with Gasteiger partial charge in [0.1, 0.15) is 12.3 Å². The summed E-state index contributed by atoms with van der Waals surface area (Å²) in [5, 5.41) is 2.78. The summed E-state index contributed by atoms with van der Waals surface area (Å²) in [5.41, 5.74) is 0.633. The van der Waals surface area contributed by atoms with Crippen molar-refractivity contribution in [2.24, 2.45) is 5.92 Å². The van der Waals surface area contributed by atoms with Gasteiger partial charge in [0.15, 0.2) is 18.2 Å². The first-order chi connectivity index (χ1) is 12.5. The van der Waals surface area contributed by atoms with Crippen LogP contribution in [-0.2, 0) is 9.59 Å². The van der Waals surface area contributed by atoms with Crippen LogP contribution in [0.1, 0.15) is 13.8 Å². The van der Waals surface area contributed by atoms with Crippen molar-refractivity contribution in [1.29, 1.82) is 0 Å². The van der Waals surface area contributed by atoms with Gasteiger partial charge >= 0.3 is 0 Å². The number of hydrogen-bond acceptors (Lipinski definition) is 5. The fourth-order valence-corrected chi connectivity index (χ4v) is 2.44. The van der Waals surface area contributed by atoms with E-state index in [1.165, 1.54) is 4.90 Å². The van der Waals surface area contributed by atoms with E-state index in [1.54, 1.807) is 42.6 Å². The van der Waals surface area contributed by atoms with Gasteiger partial charge in [-0.25, -0.2) is 4.98 Å². The van der Waals surface area contributed by atoms with Gasteiger partial charge in [-0.1, -0.05) is 13.8 Å². The first-order valence-electron chi connectivity index (χ1n) is 8.44. The maximum absolute atomic E-state index is 12.3. The van der Waals surface area contributed by atoms with Crippen molar-refractivity contribution in [3.05, 3.63) is 42.6 Å². The molecule has 0 saturated carbocycles. The molecule has 1 aliphatic rings. The lowest BCUT2D eigenvalue weighted by Crippen LogP contribution is -2.43. The number of anilines is 2. The van der Waals surface area contributed by atoms with Crippen LogP contribution in [0.4, 0.5) is 11.5 Å². The third kappa shape index (κ3) is 4.30. The van der Waals surface area contributed by atoms with Gasteiger partial charge in [-0.15, -0.1) is 0 Å². The van der Waals surface area contributed by atoms with Gasteiger partial charge in [0.2, 0.25) is 5.91 Å². The maximum atomic E-state index is 12.3. The molecule has 0 fully saturated rings. The normalized spacial score (nSPS) is 13.2. The van der Waals surface area contributed by atoms with E-state index in [-0.39, 0.29) is 25.0 Å². The molecule has 26 heavy (non-hydrogen) atoms. The monoisotopic (exact) mass is 355 g/mol. The number of carbonyl (C=O) groups excluding carboxylic acids is 2. The number of nitrogens with one attached hydrogen (secondary N) is 1. The van der Waals surface area contributed by atoms with E-state index in [1.807, 2.05) is 0 Å². The number of hydrogen-bond donors (Lipinski definition) is 1. The molecule has 7 heteroatoms. The number of fused-ring (bicyclic) bond motifs is 1. The molecule has 0 atom stereocenters. The zero-order chi connectivity index (χ0) is 18.5. The molecule has 7 nitrogen and oxygen atoms in total. The number of nitrogens with zero attached hydrogens (tertiary/aromatic N) is 2. The van der Waals surface area contributed by atoms with Crippen LogP contribution in [0.3, 0.4) is 0 Å². The number of benzene rings is 1. The standard InChI is InChI=1S/C19H21N3O4/c1-13(2)11-25-15-7-5-14(6-8-15)21-17(23)10-22-18(24)12-26-16-4-3-9-20-19(16)22/h3-9,13H,10-12H2,1-2H3,(H,21,23). The number of ether oxygens (including phenoxy) is 2. The molecule has 0 radical (unpaired) electrons. The smallest absolute Gasteiger partial charge is 0.266 e. The summed E-state index contributed by atoms with van der Waals surface area (Å²) in [6.07, 6.45) is 1.56. The summed E-state index contributed by atoms with van der Waals surface area (Å²) in [4.78, 5) is 29.9. The highest BCUT2D eigenvalue weighted by Crippen LogP contribution is 2.28. The molecule has 2 heterocycles. The third-order valence-corrected chi connectivity index (χ3v) is 3.68. The van der Waals surface area contributed by atoms with Gasteiger partial charge in [0, 0.05) is 11.9 Å². The summed E-state index contributed by atoms with van der Waals surface area (Å²) in [5.74, 6) is 1.43. The maximum Gasteiger partial charge on any atom is 0.266 e. The topological polar surface area (TPSA) is 80.8 Å². The fraction of sp³-hybridized carbons (Fsp3) is 0.316. The molecule has 3 rings (SSSR count). The summed E-state index contributed by atoms with van der Waals surface area (Å²) in [7, 11) is 0. The first kappa shape index (κ1) is 17.7. The Hall–Kier alpha value is -3.09. The second kappa shape index (κ2) is 7.86. The molecule has 136 valence electrons. The minimum atomic E-state index is -0.312. The highest BCUT2D eigenvalue weighted by atomic mass is 16.5. The van der Waals surface area contributed by atoms with Crippen molar-refractivity contribution in [1.82, 2.24) is 4.98 Å². The number of carbonyl (C=O) groups is 2.